The number of hydrogen-bond acceptors (Lipinski definition) is 5. The van der Waals surface area contributed by atoms with Gasteiger partial charge in [-0.2, -0.15) is 0 Å². The summed E-state index contributed by atoms with van der Waals surface area (Å²) in [5.74, 6) is 0.678. The summed E-state index contributed by atoms with van der Waals surface area (Å²) in [5, 5.41) is 8.45. The molecule has 0 aliphatic carbocycles. The van der Waals surface area contributed by atoms with E-state index in [-0.39, 0.29) is 10.8 Å². The number of thiophene rings is 2. The van der Waals surface area contributed by atoms with Crippen molar-refractivity contribution in [2.24, 2.45) is 4.99 Å². The zero-order valence-electron chi connectivity index (χ0n) is 13.8. The number of hydrogen-bond donors (Lipinski definition) is 3. The van der Waals surface area contributed by atoms with E-state index in [0.717, 1.165) is 30.8 Å². The van der Waals surface area contributed by atoms with Gasteiger partial charge in [-0.25, -0.2) is 13.1 Å². The first-order valence-corrected chi connectivity index (χ1v) is 11.4. The van der Waals surface area contributed by atoms with Crippen LogP contribution in [-0.2, 0) is 16.4 Å². The Bertz CT molecular complexity index is 773. The largest absolute Gasteiger partial charge is 0.357 e. The van der Waals surface area contributed by atoms with Gasteiger partial charge in [-0.05, 0) is 36.9 Å². The first-order chi connectivity index (χ1) is 12.0. The molecular weight excluding hydrogens is 400 g/mol. The molecule has 2 heterocycles. The van der Waals surface area contributed by atoms with Crippen LogP contribution in [0.15, 0.2) is 38.8 Å². The van der Waals surface area contributed by atoms with Crippen LogP contribution in [0.1, 0.15) is 11.8 Å². The second kappa shape index (κ2) is 10.1. The standard InChI is InChI=1S/C15H21ClN4O2S3/c1-2-17-15(18-8-7-12-4-3-11-23-12)19-9-10-20-25(21,22)14-6-5-13(16)24-14/h3-6,11,20H,2,7-10H2,1H3,(H2,17,18,19). The maximum atomic E-state index is 12.1. The molecule has 2 rings (SSSR count). The van der Waals surface area contributed by atoms with Crippen LogP contribution in [0.3, 0.4) is 0 Å². The van der Waals surface area contributed by atoms with Crippen molar-refractivity contribution in [3.63, 3.8) is 0 Å². The smallest absolute Gasteiger partial charge is 0.250 e. The van der Waals surface area contributed by atoms with Gasteiger partial charge in [0.1, 0.15) is 4.21 Å². The zero-order valence-corrected chi connectivity index (χ0v) is 17.0. The third-order valence-electron chi connectivity index (χ3n) is 3.08. The number of nitrogens with one attached hydrogen (secondary N) is 3. The third kappa shape index (κ3) is 6.95. The average molecular weight is 421 g/mol. The lowest BCUT2D eigenvalue weighted by Gasteiger charge is -2.11. The molecule has 0 aromatic carbocycles. The van der Waals surface area contributed by atoms with Gasteiger partial charge >= 0.3 is 0 Å². The number of aliphatic imine (C=N–C) groups is 1. The second-order valence-electron chi connectivity index (χ2n) is 4.97. The molecule has 0 aliphatic heterocycles. The van der Waals surface area contributed by atoms with E-state index < -0.39 is 10.0 Å². The Labute approximate surface area is 161 Å². The number of halogens is 1. The van der Waals surface area contributed by atoms with Crippen molar-refractivity contribution in [2.75, 3.05) is 26.2 Å². The van der Waals surface area contributed by atoms with Crippen LogP contribution in [0, 0.1) is 0 Å². The third-order valence-corrected chi connectivity index (χ3v) is 7.20. The number of sulfonamides is 1. The van der Waals surface area contributed by atoms with Crippen molar-refractivity contribution in [3.8, 4) is 0 Å². The molecular formula is C15H21ClN4O2S3. The van der Waals surface area contributed by atoms with Gasteiger partial charge in [-0.3, -0.25) is 4.99 Å². The summed E-state index contributed by atoms with van der Waals surface area (Å²) in [6.45, 7) is 4.06. The lowest BCUT2D eigenvalue weighted by Crippen LogP contribution is -2.39. The molecule has 6 nitrogen and oxygen atoms in total. The predicted octanol–water partition coefficient (Wildman–Crippen LogP) is 2.54. The number of nitrogens with zero attached hydrogens (tertiary/aromatic N) is 1. The minimum absolute atomic E-state index is 0.211. The first-order valence-electron chi connectivity index (χ1n) is 7.81. The van der Waals surface area contributed by atoms with Crippen LogP contribution < -0.4 is 15.4 Å². The Morgan fingerprint density at radius 3 is 2.72 bits per heavy atom. The zero-order chi connectivity index (χ0) is 18.1. The second-order valence-corrected chi connectivity index (χ2v) is 9.71. The molecule has 0 fully saturated rings. The Morgan fingerprint density at radius 2 is 2.08 bits per heavy atom. The first kappa shape index (κ1) is 20.2. The van der Waals surface area contributed by atoms with Crippen molar-refractivity contribution in [1.29, 1.82) is 0 Å². The van der Waals surface area contributed by atoms with Gasteiger partial charge in [0.15, 0.2) is 5.96 Å². The molecule has 0 amide bonds. The van der Waals surface area contributed by atoms with E-state index in [1.165, 1.54) is 10.9 Å². The SMILES string of the molecule is CCNC(=NCCNS(=O)(=O)c1ccc(Cl)s1)NCCc1cccs1. The van der Waals surface area contributed by atoms with Crippen LogP contribution >= 0.6 is 34.3 Å². The molecule has 138 valence electrons. The molecule has 2 aromatic heterocycles. The molecule has 0 saturated carbocycles. The average Bonchev–Trinajstić information content (AvgIpc) is 3.23. The highest BCUT2D eigenvalue weighted by Crippen LogP contribution is 2.25. The van der Waals surface area contributed by atoms with Crippen molar-refractivity contribution in [2.45, 2.75) is 17.6 Å². The van der Waals surface area contributed by atoms with Gasteiger partial charge in [-0.1, -0.05) is 17.7 Å². The Balaban J connectivity index is 1.78. The summed E-state index contributed by atoms with van der Waals surface area (Å²) in [6, 6.07) is 7.20. The molecule has 10 heteroatoms. The van der Waals surface area contributed by atoms with Crippen LogP contribution in [-0.4, -0.2) is 40.6 Å². The fourth-order valence-corrected chi connectivity index (χ4v) is 5.22. The van der Waals surface area contributed by atoms with Crippen molar-refractivity contribution in [3.05, 3.63) is 38.9 Å². The minimum atomic E-state index is -3.52. The maximum Gasteiger partial charge on any atom is 0.250 e. The molecule has 0 unspecified atom stereocenters. The van der Waals surface area contributed by atoms with Gasteiger partial charge in [0, 0.05) is 24.5 Å². The number of guanidine groups is 1. The summed E-state index contributed by atoms with van der Waals surface area (Å²) in [7, 11) is -3.52. The summed E-state index contributed by atoms with van der Waals surface area (Å²) in [4.78, 5) is 5.69. The highest BCUT2D eigenvalue weighted by atomic mass is 35.5. The topological polar surface area (TPSA) is 82.6 Å². The quantitative estimate of drug-likeness (QED) is 0.330. The fraction of sp³-hybridized carbons (Fsp3) is 0.400. The van der Waals surface area contributed by atoms with Gasteiger partial charge in [0.05, 0.1) is 10.9 Å². The van der Waals surface area contributed by atoms with Crippen LogP contribution in [0.4, 0.5) is 0 Å². The number of rotatable bonds is 9. The van der Waals surface area contributed by atoms with E-state index in [2.05, 4.69) is 31.8 Å². The molecule has 3 N–H and O–H groups in total. The van der Waals surface area contributed by atoms with Crippen LogP contribution in [0.5, 0.6) is 0 Å². The summed E-state index contributed by atoms with van der Waals surface area (Å²) in [6.07, 6.45) is 0.924. The molecule has 0 radical (unpaired) electrons. The Kier molecular flexibility index (Phi) is 8.17. The van der Waals surface area contributed by atoms with E-state index in [0.29, 0.717) is 16.8 Å². The molecule has 0 spiro atoms. The van der Waals surface area contributed by atoms with E-state index >= 15 is 0 Å². The normalized spacial score (nSPS) is 12.3. The minimum Gasteiger partial charge on any atom is -0.357 e. The van der Waals surface area contributed by atoms with Crippen LogP contribution in [0.25, 0.3) is 0 Å². The van der Waals surface area contributed by atoms with E-state index in [1.807, 2.05) is 13.0 Å². The highest BCUT2D eigenvalue weighted by Gasteiger charge is 2.15. The lowest BCUT2D eigenvalue weighted by atomic mass is 10.3. The van der Waals surface area contributed by atoms with Crippen LogP contribution in [0.2, 0.25) is 4.34 Å². The van der Waals surface area contributed by atoms with Crippen molar-refractivity contribution in [1.82, 2.24) is 15.4 Å². The Morgan fingerprint density at radius 1 is 1.24 bits per heavy atom. The molecule has 25 heavy (non-hydrogen) atoms. The molecule has 0 bridgehead atoms. The summed E-state index contributed by atoms with van der Waals surface area (Å²) >= 11 is 8.54. The predicted molar refractivity (Wildman–Crippen MR) is 107 cm³/mol. The molecule has 0 atom stereocenters. The molecule has 0 aliphatic rings. The van der Waals surface area contributed by atoms with Crippen molar-refractivity contribution >= 4 is 50.3 Å². The monoisotopic (exact) mass is 420 g/mol. The molecule has 2 aromatic rings. The Hall–Kier alpha value is -1.13. The summed E-state index contributed by atoms with van der Waals surface area (Å²) in [5.41, 5.74) is 0. The fourth-order valence-electron chi connectivity index (χ4n) is 1.96. The van der Waals surface area contributed by atoms with Gasteiger partial charge in [0.25, 0.3) is 0 Å². The summed E-state index contributed by atoms with van der Waals surface area (Å²) < 4.78 is 27.3. The maximum absolute atomic E-state index is 12.1. The van der Waals surface area contributed by atoms with E-state index in [4.69, 9.17) is 11.6 Å². The van der Waals surface area contributed by atoms with Gasteiger partial charge < -0.3 is 10.6 Å². The van der Waals surface area contributed by atoms with Crippen molar-refractivity contribution < 1.29 is 8.42 Å². The van der Waals surface area contributed by atoms with E-state index in [9.17, 15) is 8.42 Å². The van der Waals surface area contributed by atoms with Gasteiger partial charge in [-0.15, -0.1) is 22.7 Å². The lowest BCUT2D eigenvalue weighted by molar-refractivity contribution is 0.584. The highest BCUT2D eigenvalue weighted by molar-refractivity contribution is 7.91. The molecule has 0 saturated heterocycles. The van der Waals surface area contributed by atoms with E-state index in [1.54, 1.807) is 17.4 Å². The van der Waals surface area contributed by atoms with Gasteiger partial charge in [0.2, 0.25) is 10.0 Å².